The molecule has 0 bridgehead atoms. The Kier molecular flexibility index (Phi) is 6.39. The van der Waals surface area contributed by atoms with Crippen LogP contribution in [0.1, 0.15) is 51.9 Å². The number of piperidine rings is 1. The first kappa shape index (κ1) is 21.6. The fourth-order valence-corrected chi connectivity index (χ4v) is 5.26. The molecule has 2 atom stereocenters. The van der Waals surface area contributed by atoms with E-state index in [1.54, 1.807) is 24.3 Å². The van der Waals surface area contributed by atoms with E-state index >= 15 is 0 Å². The molecule has 1 heterocycles. The van der Waals surface area contributed by atoms with Gasteiger partial charge in [0.15, 0.2) is 9.84 Å². The minimum atomic E-state index is -3.18. The van der Waals surface area contributed by atoms with Gasteiger partial charge in [-0.3, -0.25) is 4.79 Å². The van der Waals surface area contributed by atoms with Gasteiger partial charge in [0.2, 0.25) is 5.91 Å². The predicted octanol–water partition coefficient (Wildman–Crippen LogP) is 3.44. The Morgan fingerprint density at radius 1 is 0.933 bits per heavy atom. The van der Waals surface area contributed by atoms with Crippen LogP contribution >= 0.6 is 0 Å². The average molecular weight is 436 g/mol. The molecule has 3 fully saturated rings. The summed E-state index contributed by atoms with van der Waals surface area (Å²) in [5, 5.41) is 0. The van der Waals surface area contributed by atoms with E-state index in [1.807, 2.05) is 4.90 Å². The molecule has 2 saturated carbocycles. The zero-order valence-electron chi connectivity index (χ0n) is 18.0. The van der Waals surface area contributed by atoms with Crippen LogP contribution in [-0.2, 0) is 19.4 Å². The van der Waals surface area contributed by atoms with Gasteiger partial charge < -0.3 is 14.4 Å². The fourth-order valence-electron chi connectivity index (χ4n) is 4.63. The van der Waals surface area contributed by atoms with Gasteiger partial charge in [0.1, 0.15) is 5.75 Å². The second-order valence-corrected chi connectivity index (χ2v) is 11.3. The van der Waals surface area contributed by atoms with E-state index in [1.165, 1.54) is 6.26 Å². The van der Waals surface area contributed by atoms with E-state index in [-0.39, 0.29) is 24.2 Å². The van der Waals surface area contributed by atoms with Crippen LogP contribution in [0, 0.1) is 11.8 Å². The predicted molar refractivity (Wildman–Crippen MR) is 114 cm³/mol. The summed E-state index contributed by atoms with van der Waals surface area (Å²) < 4.78 is 35.5. The average Bonchev–Trinajstić information content (AvgIpc) is 3.46. The minimum absolute atomic E-state index is 0.147. The first-order valence-electron chi connectivity index (χ1n) is 11.2. The van der Waals surface area contributed by atoms with Gasteiger partial charge in [-0.15, -0.1) is 0 Å². The molecule has 0 spiro atoms. The largest absolute Gasteiger partial charge is 0.490 e. The van der Waals surface area contributed by atoms with Crippen molar-refractivity contribution in [3.63, 3.8) is 0 Å². The molecule has 6 nitrogen and oxygen atoms in total. The van der Waals surface area contributed by atoms with Crippen molar-refractivity contribution in [2.75, 3.05) is 19.3 Å². The lowest BCUT2D eigenvalue weighted by Crippen LogP contribution is -2.43. The Labute approximate surface area is 179 Å². The molecular weight excluding hydrogens is 402 g/mol. The van der Waals surface area contributed by atoms with E-state index in [0.29, 0.717) is 22.5 Å². The van der Waals surface area contributed by atoms with E-state index in [9.17, 15) is 13.2 Å². The molecule has 1 aromatic rings. The maximum Gasteiger partial charge on any atom is 0.225 e. The molecule has 0 radical (unpaired) electrons. The van der Waals surface area contributed by atoms with Crippen molar-refractivity contribution in [3.8, 4) is 5.75 Å². The second kappa shape index (κ2) is 8.87. The number of ether oxygens (including phenoxy) is 2. The number of carbonyl (C=O) groups excluding carboxylic acids is 1. The molecule has 1 amide bonds. The van der Waals surface area contributed by atoms with Gasteiger partial charge in [-0.05, 0) is 75.1 Å². The third-order valence-electron chi connectivity index (χ3n) is 6.74. The van der Waals surface area contributed by atoms with Crippen LogP contribution in [0.5, 0.6) is 5.75 Å². The number of nitrogens with zero attached hydrogens (tertiary/aromatic N) is 1. The molecular formula is C23H33NO5S. The number of benzene rings is 1. The highest BCUT2D eigenvalue weighted by molar-refractivity contribution is 7.90. The van der Waals surface area contributed by atoms with Crippen molar-refractivity contribution in [2.45, 2.75) is 75.1 Å². The smallest absolute Gasteiger partial charge is 0.225 e. The number of likely N-dealkylation sites (tertiary alicyclic amines) is 1. The summed E-state index contributed by atoms with van der Waals surface area (Å²) in [6.45, 7) is 3.81. The molecule has 2 aliphatic carbocycles. The van der Waals surface area contributed by atoms with Gasteiger partial charge in [-0.2, -0.15) is 0 Å². The maximum atomic E-state index is 12.4. The number of hydrogen-bond acceptors (Lipinski definition) is 5. The first-order valence-corrected chi connectivity index (χ1v) is 13.1. The van der Waals surface area contributed by atoms with Crippen molar-refractivity contribution >= 4 is 15.7 Å². The molecule has 1 aliphatic heterocycles. The molecule has 0 N–H and O–H groups in total. The van der Waals surface area contributed by atoms with Crippen LogP contribution in [0.3, 0.4) is 0 Å². The summed E-state index contributed by atoms with van der Waals surface area (Å²) >= 11 is 0. The lowest BCUT2D eigenvalue weighted by molar-refractivity contribution is -0.136. The standard InChI is InChI=1S/C23H33NO5S/c1-16-15-22(16)23(25)24-13-11-20(12-14-24)29-18-5-3-17(4-6-18)28-19-7-9-21(10-8-19)30(2,26)27/h7-10,16-18,20,22H,3-6,11-15H2,1-2H3/t16-,17?,18?,22-/m1/s1. The Bertz CT molecular complexity index is 837. The zero-order chi connectivity index (χ0) is 21.3. The Hall–Kier alpha value is -1.60. The van der Waals surface area contributed by atoms with Crippen LogP contribution in [-0.4, -0.2) is 56.9 Å². The van der Waals surface area contributed by atoms with Crippen LogP contribution in [0.4, 0.5) is 0 Å². The Balaban J connectivity index is 1.17. The Morgan fingerprint density at radius 3 is 2.00 bits per heavy atom. The summed E-state index contributed by atoms with van der Waals surface area (Å²) in [5.74, 6) is 1.92. The van der Waals surface area contributed by atoms with Gasteiger partial charge in [0, 0.05) is 25.3 Å². The van der Waals surface area contributed by atoms with Crippen LogP contribution in [0.15, 0.2) is 29.2 Å². The molecule has 30 heavy (non-hydrogen) atoms. The third-order valence-corrected chi connectivity index (χ3v) is 7.87. The number of hydrogen-bond donors (Lipinski definition) is 0. The van der Waals surface area contributed by atoms with E-state index in [2.05, 4.69) is 6.92 Å². The molecule has 7 heteroatoms. The highest BCUT2D eigenvalue weighted by Crippen LogP contribution is 2.39. The van der Waals surface area contributed by atoms with E-state index in [4.69, 9.17) is 9.47 Å². The molecule has 1 saturated heterocycles. The van der Waals surface area contributed by atoms with E-state index < -0.39 is 9.84 Å². The number of amides is 1. The van der Waals surface area contributed by atoms with Crippen molar-refractivity contribution < 1.29 is 22.7 Å². The van der Waals surface area contributed by atoms with Crippen LogP contribution in [0.25, 0.3) is 0 Å². The lowest BCUT2D eigenvalue weighted by atomic mass is 9.94. The van der Waals surface area contributed by atoms with Crippen molar-refractivity contribution in [3.05, 3.63) is 24.3 Å². The third kappa shape index (κ3) is 5.35. The highest BCUT2D eigenvalue weighted by Gasteiger charge is 2.42. The van der Waals surface area contributed by atoms with Gasteiger partial charge in [0.25, 0.3) is 0 Å². The number of sulfone groups is 1. The fraction of sp³-hybridized carbons (Fsp3) is 0.696. The number of rotatable bonds is 6. The molecule has 0 aromatic heterocycles. The summed E-state index contributed by atoms with van der Waals surface area (Å²) in [7, 11) is -3.18. The highest BCUT2D eigenvalue weighted by atomic mass is 32.2. The molecule has 166 valence electrons. The molecule has 0 unspecified atom stereocenters. The minimum Gasteiger partial charge on any atom is -0.490 e. The summed E-state index contributed by atoms with van der Waals surface area (Å²) in [6.07, 6.45) is 8.66. The summed E-state index contributed by atoms with van der Waals surface area (Å²) in [5.41, 5.74) is 0. The molecule has 4 rings (SSSR count). The van der Waals surface area contributed by atoms with Gasteiger partial charge >= 0.3 is 0 Å². The summed E-state index contributed by atoms with van der Waals surface area (Å²) in [4.78, 5) is 14.7. The van der Waals surface area contributed by atoms with Gasteiger partial charge in [0.05, 0.1) is 23.2 Å². The maximum absolute atomic E-state index is 12.4. The van der Waals surface area contributed by atoms with E-state index in [0.717, 1.165) is 58.0 Å². The monoisotopic (exact) mass is 435 g/mol. The van der Waals surface area contributed by atoms with Gasteiger partial charge in [-0.1, -0.05) is 6.92 Å². The first-order chi connectivity index (χ1) is 14.3. The normalized spacial score (nSPS) is 30.1. The second-order valence-electron chi connectivity index (χ2n) is 9.24. The number of carbonyl (C=O) groups is 1. The van der Waals surface area contributed by atoms with Crippen molar-refractivity contribution in [1.29, 1.82) is 0 Å². The Morgan fingerprint density at radius 2 is 1.47 bits per heavy atom. The van der Waals surface area contributed by atoms with Crippen LogP contribution < -0.4 is 4.74 Å². The van der Waals surface area contributed by atoms with Gasteiger partial charge in [-0.25, -0.2) is 8.42 Å². The topological polar surface area (TPSA) is 72.9 Å². The molecule has 1 aromatic carbocycles. The SMILES string of the molecule is C[C@@H]1C[C@H]1C(=O)N1CCC(OC2CCC(Oc3ccc(S(C)(=O)=O)cc3)CC2)CC1. The quantitative estimate of drug-likeness (QED) is 0.684. The summed E-state index contributed by atoms with van der Waals surface area (Å²) in [6, 6.07) is 6.66. The molecule has 3 aliphatic rings. The lowest BCUT2D eigenvalue weighted by Gasteiger charge is -2.36. The van der Waals surface area contributed by atoms with Crippen molar-refractivity contribution in [2.24, 2.45) is 11.8 Å². The van der Waals surface area contributed by atoms with Crippen molar-refractivity contribution in [1.82, 2.24) is 4.90 Å². The zero-order valence-corrected chi connectivity index (χ0v) is 18.8. The van der Waals surface area contributed by atoms with Crippen LogP contribution in [0.2, 0.25) is 0 Å².